The first-order chi connectivity index (χ1) is 13.7. The van der Waals surface area contributed by atoms with E-state index in [1.54, 1.807) is 25.0 Å². The van der Waals surface area contributed by atoms with Gasteiger partial charge in [-0.1, -0.05) is 30.0 Å². The Morgan fingerprint density at radius 2 is 1.93 bits per heavy atom. The topological polar surface area (TPSA) is 70.7 Å². The van der Waals surface area contributed by atoms with Gasteiger partial charge in [0.2, 0.25) is 0 Å². The van der Waals surface area contributed by atoms with Gasteiger partial charge in [0, 0.05) is 28.4 Å². The number of carbonyl (C=O) groups excluding carboxylic acids is 1. The number of rotatable bonds is 5. The lowest BCUT2D eigenvalue weighted by Gasteiger charge is -2.08. The predicted molar refractivity (Wildman–Crippen MR) is 113 cm³/mol. The number of amides is 1. The summed E-state index contributed by atoms with van der Waals surface area (Å²) in [4.78, 5) is 18.3. The van der Waals surface area contributed by atoms with Crippen molar-refractivity contribution in [3.8, 4) is 0 Å². The third-order valence-corrected chi connectivity index (χ3v) is 5.32. The van der Waals surface area contributed by atoms with Crippen LogP contribution in [-0.2, 0) is 0 Å². The maximum Gasteiger partial charge on any atom is 0.252 e. The molecule has 4 rings (SSSR count). The van der Waals surface area contributed by atoms with Gasteiger partial charge in [-0.3, -0.25) is 14.9 Å². The molecule has 0 aliphatic rings. The zero-order chi connectivity index (χ0) is 19.3. The fraction of sp³-hybridized carbons (Fsp3) is 0.0455. The molecule has 5 nitrogen and oxygen atoms in total. The molecule has 0 bridgehead atoms. The van der Waals surface area contributed by atoms with Crippen LogP contribution in [0.2, 0.25) is 0 Å². The molecule has 1 amide bonds. The Kier molecular flexibility index (Phi) is 5.21. The summed E-state index contributed by atoms with van der Waals surface area (Å²) in [5, 5.41) is 11.2. The molecule has 0 fully saturated rings. The Morgan fingerprint density at radius 3 is 2.75 bits per heavy atom. The molecule has 28 heavy (non-hydrogen) atoms. The number of hydrogen-bond acceptors (Lipinski definition) is 4. The number of aromatic nitrogens is 3. The van der Waals surface area contributed by atoms with Crippen molar-refractivity contribution < 1.29 is 4.79 Å². The van der Waals surface area contributed by atoms with Gasteiger partial charge in [0.1, 0.15) is 0 Å². The standard InChI is InChI=1S/C22H18N4OS/c1-23-22(27)18-7-2-3-8-21(18)28-16-10-11-17-19(25-26-20(17)14-16)12-9-15-6-4-5-13-24-15/h2-14H,1H3,(H,23,27)(H,25,26)/b12-9+/i23+1. The summed E-state index contributed by atoms with van der Waals surface area (Å²) in [7, 11) is 1.64. The molecule has 138 valence electrons. The van der Waals surface area contributed by atoms with Crippen LogP contribution in [0.4, 0.5) is 0 Å². The first kappa shape index (κ1) is 18.0. The molecule has 2 heterocycles. The van der Waals surface area contributed by atoms with Crippen molar-refractivity contribution in [1.82, 2.24) is 20.5 Å². The van der Waals surface area contributed by atoms with Crippen LogP contribution in [-0.4, -0.2) is 28.1 Å². The number of carbonyl (C=O) groups is 1. The van der Waals surface area contributed by atoms with E-state index in [9.17, 15) is 4.79 Å². The van der Waals surface area contributed by atoms with Gasteiger partial charge in [0.15, 0.2) is 0 Å². The minimum Gasteiger partial charge on any atom is -0.355 e. The number of aromatic amines is 1. The first-order valence-electron chi connectivity index (χ1n) is 8.81. The molecule has 0 aliphatic heterocycles. The van der Waals surface area contributed by atoms with E-state index in [2.05, 4.69) is 20.5 Å². The molecule has 0 saturated heterocycles. The number of benzene rings is 2. The maximum absolute atomic E-state index is 12.1. The minimum absolute atomic E-state index is 0.0901. The van der Waals surface area contributed by atoms with Crippen molar-refractivity contribution in [2.45, 2.75) is 9.79 Å². The largest absolute Gasteiger partial charge is 0.355 e. The highest BCUT2D eigenvalue weighted by Gasteiger charge is 2.11. The SMILES string of the molecule is C[15NH]C(=O)c1ccccc1Sc1ccc2c(/C=C/c3ccccn3)n[nH]c2c1. The number of hydrogen-bond donors (Lipinski definition) is 2. The summed E-state index contributed by atoms with van der Waals surface area (Å²) in [5.74, 6) is -0.0901. The van der Waals surface area contributed by atoms with Gasteiger partial charge in [0.25, 0.3) is 5.91 Å². The van der Waals surface area contributed by atoms with Crippen LogP contribution in [0.1, 0.15) is 21.7 Å². The molecule has 4 aromatic rings. The van der Waals surface area contributed by atoms with Crippen LogP contribution < -0.4 is 5.32 Å². The van der Waals surface area contributed by atoms with Crippen LogP contribution in [0.25, 0.3) is 23.1 Å². The summed E-state index contributed by atoms with van der Waals surface area (Å²) in [6.45, 7) is 0. The molecule has 0 aliphatic carbocycles. The Bertz CT molecular complexity index is 1150. The van der Waals surface area contributed by atoms with Crippen molar-refractivity contribution in [3.63, 3.8) is 0 Å². The van der Waals surface area contributed by atoms with E-state index in [0.717, 1.165) is 32.1 Å². The second-order valence-electron chi connectivity index (χ2n) is 6.08. The molecule has 2 aromatic carbocycles. The first-order valence-corrected chi connectivity index (χ1v) is 9.62. The molecule has 0 unspecified atom stereocenters. The Morgan fingerprint density at radius 1 is 1.07 bits per heavy atom. The van der Waals surface area contributed by atoms with Crippen molar-refractivity contribution >= 4 is 40.7 Å². The van der Waals surface area contributed by atoms with Gasteiger partial charge < -0.3 is 5.32 Å². The van der Waals surface area contributed by atoms with Gasteiger partial charge in [-0.05, 0) is 54.6 Å². The zero-order valence-corrected chi connectivity index (χ0v) is 16.0. The Hall–Kier alpha value is -3.38. The zero-order valence-electron chi connectivity index (χ0n) is 15.2. The lowest BCUT2D eigenvalue weighted by molar-refractivity contribution is 0.0960. The number of fused-ring (bicyclic) bond motifs is 1. The third kappa shape index (κ3) is 3.82. The van der Waals surface area contributed by atoms with E-state index in [-0.39, 0.29) is 5.91 Å². The minimum atomic E-state index is -0.0901. The number of H-pyrrole nitrogens is 1. The summed E-state index contributed by atoms with van der Waals surface area (Å²) >= 11 is 1.56. The van der Waals surface area contributed by atoms with Crippen molar-refractivity contribution in [1.29, 1.82) is 0 Å². The van der Waals surface area contributed by atoms with Gasteiger partial charge >= 0.3 is 0 Å². The van der Waals surface area contributed by atoms with Gasteiger partial charge in [-0.15, -0.1) is 0 Å². The normalized spacial score (nSPS) is 11.2. The van der Waals surface area contributed by atoms with E-state index in [1.165, 1.54) is 0 Å². The van der Waals surface area contributed by atoms with Crippen molar-refractivity contribution in [2.75, 3.05) is 7.05 Å². The van der Waals surface area contributed by atoms with E-state index < -0.39 is 0 Å². The molecule has 6 heteroatoms. The molecular weight excluding hydrogens is 369 g/mol. The molecule has 0 atom stereocenters. The van der Waals surface area contributed by atoms with Crippen LogP contribution in [0.5, 0.6) is 0 Å². The van der Waals surface area contributed by atoms with E-state index in [0.29, 0.717) is 5.56 Å². The molecule has 0 spiro atoms. The number of nitrogens with zero attached hydrogens (tertiary/aromatic N) is 2. The smallest absolute Gasteiger partial charge is 0.252 e. The van der Waals surface area contributed by atoms with Crippen molar-refractivity contribution in [2.24, 2.45) is 0 Å². The molecule has 0 saturated carbocycles. The summed E-state index contributed by atoms with van der Waals surface area (Å²) in [5.41, 5.74) is 3.36. The van der Waals surface area contributed by atoms with Crippen LogP contribution in [0, 0.1) is 0 Å². The summed E-state index contributed by atoms with van der Waals surface area (Å²) in [6.07, 6.45) is 5.66. The van der Waals surface area contributed by atoms with Crippen molar-refractivity contribution in [3.05, 3.63) is 83.8 Å². The lowest BCUT2D eigenvalue weighted by Crippen LogP contribution is -2.18. The summed E-state index contributed by atoms with van der Waals surface area (Å²) < 4.78 is 0. The highest BCUT2D eigenvalue weighted by atomic mass is 32.2. The van der Waals surface area contributed by atoms with E-state index >= 15 is 0 Å². The van der Waals surface area contributed by atoms with Gasteiger partial charge in [-0.25, -0.2) is 0 Å². The molecule has 0 radical (unpaired) electrons. The molecule has 2 aromatic heterocycles. The Balaban J connectivity index is 1.60. The fourth-order valence-electron chi connectivity index (χ4n) is 2.85. The van der Waals surface area contributed by atoms with Gasteiger partial charge in [-0.2, -0.15) is 5.10 Å². The van der Waals surface area contributed by atoms with E-state index in [1.807, 2.05) is 72.8 Å². The van der Waals surface area contributed by atoms with E-state index in [4.69, 9.17) is 0 Å². The highest BCUT2D eigenvalue weighted by Crippen LogP contribution is 2.32. The maximum atomic E-state index is 12.1. The Labute approximate surface area is 166 Å². The molecule has 2 N–H and O–H groups in total. The highest BCUT2D eigenvalue weighted by molar-refractivity contribution is 7.99. The van der Waals surface area contributed by atoms with Crippen LogP contribution in [0.3, 0.4) is 0 Å². The van der Waals surface area contributed by atoms with Crippen LogP contribution in [0.15, 0.2) is 76.7 Å². The molecular formula is C22H18N4OS. The van der Waals surface area contributed by atoms with Gasteiger partial charge in [0.05, 0.1) is 22.5 Å². The quantitative estimate of drug-likeness (QED) is 0.490. The average Bonchev–Trinajstić information content (AvgIpc) is 3.15. The fourth-order valence-corrected chi connectivity index (χ4v) is 3.84. The number of pyridine rings is 1. The summed E-state index contributed by atoms with van der Waals surface area (Å²) in [6, 6.07) is 19.5. The van der Waals surface area contributed by atoms with Crippen LogP contribution >= 0.6 is 11.8 Å². The average molecular weight is 387 g/mol. The predicted octanol–water partition coefficient (Wildman–Crippen LogP) is 4.64. The third-order valence-electron chi connectivity index (χ3n) is 4.25. The number of nitrogens with one attached hydrogen (secondary N) is 2. The lowest BCUT2D eigenvalue weighted by atomic mass is 10.2. The second-order valence-corrected chi connectivity index (χ2v) is 7.20. The monoisotopic (exact) mass is 387 g/mol. The second kappa shape index (κ2) is 8.10.